The summed E-state index contributed by atoms with van der Waals surface area (Å²) in [4.78, 5) is 0. The van der Waals surface area contributed by atoms with Gasteiger partial charge in [-0.3, -0.25) is 0 Å². The molecule has 5 aliphatic rings. The van der Waals surface area contributed by atoms with Gasteiger partial charge in [0.1, 0.15) is 0 Å². The molecule has 20 rings (SSSR count). The number of allylic oxidation sites excluding steroid dienone is 7. The Kier molecular flexibility index (Phi) is 13.1. The molecule has 0 heterocycles. The number of hydrogen-bond acceptors (Lipinski definition) is 0. The molecule has 3 atom stereocenters. The lowest BCUT2D eigenvalue weighted by molar-refractivity contribution is 0.485. The second-order valence-electron chi connectivity index (χ2n) is 35.2. The van der Waals surface area contributed by atoms with Gasteiger partial charge in [-0.25, -0.2) is 0 Å². The number of benzene rings is 15. The van der Waals surface area contributed by atoms with Crippen molar-refractivity contribution in [3.63, 3.8) is 0 Å². The van der Waals surface area contributed by atoms with Crippen LogP contribution in [-0.2, 0) is 28.1 Å². The third-order valence-electron chi connectivity index (χ3n) is 25.3. The van der Waals surface area contributed by atoms with Crippen molar-refractivity contribution in [2.24, 2.45) is 11.8 Å². The van der Waals surface area contributed by atoms with Gasteiger partial charge >= 0.3 is 0 Å². The molecule has 0 nitrogen and oxygen atoms in total. The molecule has 0 spiro atoms. The molecule has 0 aromatic heterocycles. The summed E-state index contributed by atoms with van der Waals surface area (Å²) in [5.41, 5.74) is 31.6. The standard InChI is InChI=1S/C103H88/c1-15-56-52-84-85(53-57(56)16-2)93(79-45-43-77-69-35-22-29-59-27-20-33-67(87(59)69)73-37-24-39-75(79)91(73)77)99-83-47-46-82-94-80(40-25-41-81(95(83)94)98(99)92(84)78-44-42-76-68-34-21-28-58-26-19-32-66(86(58)68)72-36-23-38-74(78)90(72)76)96-88(60-48-62(100(3,4)5)54-63(49-60)101(6,7)8)70-30-17-18-31-71(70)89(97(82)96)61-50-64(102(9,10)11)55-65(51-61)103(12,13)14/h15-16,18-24,26-29,31-39,41-55,80,94-95H,1-2,17,25,30,40H2,3-14H3. The van der Waals surface area contributed by atoms with Crippen LogP contribution < -0.4 is 0 Å². The third-order valence-corrected chi connectivity index (χ3v) is 25.3. The molecule has 15 aromatic rings. The van der Waals surface area contributed by atoms with E-state index in [1.54, 1.807) is 5.56 Å². The monoisotopic (exact) mass is 1320 g/mol. The summed E-state index contributed by atoms with van der Waals surface area (Å²) >= 11 is 0. The van der Waals surface area contributed by atoms with Crippen molar-refractivity contribution >= 4 is 132 Å². The van der Waals surface area contributed by atoms with Crippen molar-refractivity contribution in [3.8, 4) is 44.5 Å². The van der Waals surface area contributed by atoms with E-state index in [1.165, 1.54) is 208 Å². The maximum atomic E-state index is 4.58. The molecule has 0 heteroatoms. The van der Waals surface area contributed by atoms with Gasteiger partial charge in [-0.05, 0) is 290 Å². The van der Waals surface area contributed by atoms with Gasteiger partial charge < -0.3 is 0 Å². The average molecular weight is 1330 g/mol. The summed E-state index contributed by atoms with van der Waals surface area (Å²) < 4.78 is 0. The molecule has 103 heavy (non-hydrogen) atoms. The fourth-order valence-electron chi connectivity index (χ4n) is 20.4. The second-order valence-corrected chi connectivity index (χ2v) is 35.2. The Balaban J connectivity index is 0.947. The lowest BCUT2D eigenvalue weighted by atomic mass is 9.71. The maximum Gasteiger partial charge on any atom is 0.0174 e. The van der Waals surface area contributed by atoms with Gasteiger partial charge in [0.15, 0.2) is 0 Å². The van der Waals surface area contributed by atoms with E-state index in [-0.39, 0.29) is 39.4 Å². The van der Waals surface area contributed by atoms with Gasteiger partial charge in [-0.2, -0.15) is 0 Å². The Morgan fingerprint density at radius 2 is 0.767 bits per heavy atom. The van der Waals surface area contributed by atoms with E-state index in [0.29, 0.717) is 0 Å². The van der Waals surface area contributed by atoms with Crippen molar-refractivity contribution in [3.05, 3.63) is 286 Å². The fourth-order valence-corrected chi connectivity index (χ4v) is 20.4. The zero-order chi connectivity index (χ0) is 70.4. The molecule has 0 radical (unpaired) electrons. The van der Waals surface area contributed by atoms with E-state index in [4.69, 9.17) is 0 Å². The summed E-state index contributed by atoms with van der Waals surface area (Å²) in [7, 11) is 0. The van der Waals surface area contributed by atoms with Crippen molar-refractivity contribution in [1.29, 1.82) is 0 Å². The van der Waals surface area contributed by atoms with Crippen LogP contribution in [0, 0.1) is 11.8 Å². The number of rotatable bonds is 6. The summed E-state index contributed by atoms with van der Waals surface area (Å²) in [6, 6.07) is 72.5. The highest BCUT2D eigenvalue weighted by atomic mass is 14.6. The summed E-state index contributed by atoms with van der Waals surface area (Å²) in [5, 5.41) is 23.4. The smallest absolute Gasteiger partial charge is 0.0174 e. The van der Waals surface area contributed by atoms with Crippen molar-refractivity contribution in [2.45, 2.75) is 136 Å². The highest BCUT2D eigenvalue weighted by Gasteiger charge is 2.53. The Morgan fingerprint density at radius 3 is 1.22 bits per heavy atom. The molecule has 0 amide bonds. The predicted octanol–water partition coefficient (Wildman–Crippen LogP) is 29.0. The van der Waals surface area contributed by atoms with Gasteiger partial charge in [0.25, 0.3) is 0 Å². The first kappa shape index (κ1) is 62.4. The Morgan fingerprint density at radius 1 is 0.359 bits per heavy atom. The zero-order valence-electron chi connectivity index (χ0n) is 61.8. The largest absolute Gasteiger partial charge is 0.0984 e. The van der Waals surface area contributed by atoms with Crippen LogP contribution in [0.1, 0.15) is 175 Å². The van der Waals surface area contributed by atoms with Gasteiger partial charge in [0, 0.05) is 11.8 Å². The van der Waals surface area contributed by atoms with Crippen LogP contribution in [0.4, 0.5) is 0 Å². The molecule has 0 saturated heterocycles. The summed E-state index contributed by atoms with van der Waals surface area (Å²) in [5.74, 6) is 0.432. The predicted molar refractivity (Wildman–Crippen MR) is 450 cm³/mol. The molecule has 0 aliphatic heterocycles. The van der Waals surface area contributed by atoms with E-state index in [9.17, 15) is 0 Å². The van der Waals surface area contributed by atoms with Crippen LogP contribution in [0.15, 0.2) is 219 Å². The molecule has 0 N–H and O–H groups in total. The topological polar surface area (TPSA) is 0 Å². The Bertz CT molecular complexity index is 6310. The molecule has 5 aliphatic carbocycles. The SMILES string of the molecule is C=Cc1cc2c(-c3ccc4c5cccc6cccc(c7cccc3c74)c65)c3c(c(-c4ccc5c6cccc7cccc(c8cccc4c85)c76)c2cc1C=C)C1=CCCC2c4c(c(-c5cc(C(C)(C)C)cc(C(C)(C)C)c5)c5c(c4-c4cc(C(C)(C)C)cc(C(C)(C)C)c4)CCC=C5)C4=CC=C3C1C42. The van der Waals surface area contributed by atoms with Crippen LogP contribution in [0.5, 0.6) is 0 Å². The van der Waals surface area contributed by atoms with Gasteiger partial charge in [-0.15, -0.1) is 0 Å². The highest BCUT2D eigenvalue weighted by molar-refractivity contribution is 6.37. The van der Waals surface area contributed by atoms with E-state index >= 15 is 0 Å². The molecule has 500 valence electrons. The lowest BCUT2D eigenvalue weighted by Gasteiger charge is -2.31. The Hall–Kier alpha value is -10.4. The number of fused-ring (bicyclic) bond motifs is 12. The van der Waals surface area contributed by atoms with Gasteiger partial charge in [0.2, 0.25) is 0 Å². The fraction of sp³-hybridized carbons (Fsp3) is 0.223. The van der Waals surface area contributed by atoms with Crippen LogP contribution >= 0.6 is 0 Å². The van der Waals surface area contributed by atoms with E-state index in [2.05, 4.69) is 321 Å². The van der Waals surface area contributed by atoms with E-state index in [0.717, 1.165) is 36.8 Å². The maximum absolute atomic E-state index is 4.58. The van der Waals surface area contributed by atoms with Gasteiger partial charge in [-0.1, -0.05) is 309 Å². The first-order valence-electron chi connectivity index (χ1n) is 38.0. The molecular formula is C103H88. The minimum atomic E-state index is -0.0714. The van der Waals surface area contributed by atoms with Crippen molar-refractivity contribution in [2.75, 3.05) is 0 Å². The van der Waals surface area contributed by atoms with Crippen molar-refractivity contribution < 1.29 is 0 Å². The highest BCUT2D eigenvalue weighted by Crippen LogP contribution is 2.70. The quantitative estimate of drug-likeness (QED) is 0.115. The normalized spacial score (nSPS) is 17.3. The van der Waals surface area contributed by atoms with Crippen molar-refractivity contribution in [1.82, 2.24) is 0 Å². The first-order valence-corrected chi connectivity index (χ1v) is 38.0. The van der Waals surface area contributed by atoms with E-state index < -0.39 is 0 Å². The number of hydrogen-bond donors (Lipinski definition) is 0. The molecule has 3 unspecified atom stereocenters. The molecule has 0 fully saturated rings. The lowest BCUT2D eigenvalue weighted by Crippen LogP contribution is -2.19. The molecule has 0 saturated carbocycles. The summed E-state index contributed by atoms with van der Waals surface area (Å²) in [6.07, 6.45) is 21.3. The van der Waals surface area contributed by atoms with Crippen LogP contribution in [0.25, 0.3) is 176 Å². The Labute approximate surface area is 606 Å². The van der Waals surface area contributed by atoms with E-state index in [1.807, 2.05) is 0 Å². The summed E-state index contributed by atoms with van der Waals surface area (Å²) in [6.45, 7) is 38.1. The third kappa shape index (κ3) is 8.77. The molecule has 15 aromatic carbocycles. The van der Waals surface area contributed by atoms with Gasteiger partial charge in [0.05, 0.1) is 0 Å². The first-order chi connectivity index (χ1) is 49.6. The molecular weight excluding hydrogens is 1240 g/mol. The van der Waals surface area contributed by atoms with Crippen LogP contribution in [0.2, 0.25) is 0 Å². The minimum absolute atomic E-state index is 0.0567. The van der Waals surface area contributed by atoms with Crippen LogP contribution in [0.3, 0.4) is 0 Å². The molecule has 0 bridgehead atoms. The van der Waals surface area contributed by atoms with Crippen LogP contribution in [-0.4, -0.2) is 0 Å². The zero-order valence-corrected chi connectivity index (χ0v) is 61.8. The average Bonchev–Trinajstić information content (AvgIpc) is 1.62. The second kappa shape index (κ2) is 21.6. The minimum Gasteiger partial charge on any atom is -0.0984 e.